The molecule has 4 nitrogen and oxygen atoms in total. The second-order valence-corrected chi connectivity index (χ2v) is 4.78. The molecule has 1 N–H and O–H groups in total. The van der Waals surface area contributed by atoms with Crippen LogP contribution in [0.1, 0.15) is 31.9 Å². The maximum Gasteiger partial charge on any atom is 0.309 e. The van der Waals surface area contributed by atoms with Crippen LogP contribution in [0.3, 0.4) is 0 Å². The van der Waals surface area contributed by atoms with Gasteiger partial charge in [0, 0.05) is 12.5 Å². The fourth-order valence-electron chi connectivity index (χ4n) is 2.64. The zero-order valence-corrected chi connectivity index (χ0v) is 10.5. The average molecular weight is 247 g/mol. The van der Waals surface area contributed by atoms with Crippen LogP contribution in [0.5, 0.6) is 0 Å². The van der Waals surface area contributed by atoms with Crippen molar-refractivity contribution in [3.63, 3.8) is 0 Å². The monoisotopic (exact) mass is 247 g/mol. The van der Waals surface area contributed by atoms with Crippen molar-refractivity contribution in [2.45, 2.75) is 32.4 Å². The number of carboxylic acids is 1. The van der Waals surface area contributed by atoms with Crippen LogP contribution >= 0.6 is 0 Å². The molecule has 0 aliphatic carbocycles. The molecule has 18 heavy (non-hydrogen) atoms. The van der Waals surface area contributed by atoms with Crippen LogP contribution in [0, 0.1) is 5.92 Å². The molecular formula is C14H17NO3. The van der Waals surface area contributed by atoms with Gasteiger partial charge in [-0.05, 0) is 19.4 Å². The predicted molar refractivity (Wildman–Crippen MR) is 66.9 cm³/mol. The Kier molecular flexibility index (Phi) is 3.36. The van der Waals surface area contributed by atoms with E-state index in [1.807, 2.05) is 44.2 Å². The average Bonchev–Trinajstić information content (AvgIpc) is 2.65. The van der Waals surface area contributed by atoms with Crippen LogP contribution < -0.4 is 0 Å². The van der Waals surface area contributed by atoms with Gasteiger partial charge < -0.3 is 10.0 Å². The van der Waals surface area contributed by atoms with Crippen molar-refractivity contribution < 1.29 is 14.7 Å². The number of rotatable bonds is 3. The van der Waals surface area contributed by atoms with Gasteiger partial charge in [-0.2, -0.15) is 0 Å². The number of carbonyl (C=O) groups excluding carboxylic acids is 1. The summed E-state index contributed by atoms with van der Waals surface area (Å²) in [6.45, 7) is 3.75. The van der Waals surface area contributed by atoms with Crippen molar-refractivity contribution in [3.8, 4) is 0 Å². The van der Waals surface area contributed by atoms with E-state index >= 15 is 0 Å². The lowest BCUT2D eigenvalue weighted by Crippen LogP contribution is -2.36. The van der Waals surface area contributed by atoms with Gasteiger partial charge in [0.05, 0.1) is 12.0 Å². The van der Waals surface area contributed by atoms with Crippen molar-refractivity contribution in [1.82, 2.24) is 4.90 Å². The first-order chi connectivity index (χ1) is 8.52. The number of likely N-dealkylation sites (tertiary alicyclic amines) is 1. The molecule has 0 aromatic heterocycles. The summed E-state index contributed by atoms with van der Waals surface area (Å²) < 4.78 is 0. The third-order valence-corrected chi connectivity index (χ3v) is 3.72. The van der Waals surface area contributed by atoms with Crippen molar-refractivity contribution in [3.05, 3.63) is 35.9 Å². The minimum atomic E-state index is -0.890. The van der Waals surface area contributed by atoms with E-state index in [-0.39, 0.29) is 24.4 Å². The summed E-state index contributed by atoms with van der Waals surface area (Å²) in [5.41, 5.74) is 1.03. The third-order valence-electron chi connectivity index (χ3n) is 3.72. The van der Waals surface area contributed by atoms with Crippen molar-refractivity contribution in [2.75, 3.05) is 0 Å². The Morgan fingerprint density at radius 1 is 1.39 bits per heavy atom. The highest BCUT2D eigenvalue weighted by Gasteiger charge is 2.43. The molecule has 2 rings (SSSR count). The number of carboxylic acid groups (broad SMARTS) is 1. The van der Waals surface area contributed by atoms with Crippen LogP contribution in [-0.4, -0.2) is 27.9 Å². The minimum Gasteiger partial charge on any atom is -0.481 e. The predicted octanol–water partition coefficient (Wildman–Crippen LogP) is 2.07. The fourth-order valence-corrected chi connectivity index (χ4v) is 2.64. The summed E-state index contributed by atoms with van der Waals surface area (Å²) in [5.74, 6) is -1.56. The number of nitrogens with zero attached hydrogens (tertiary/aromatic N) is 1. The highest BCUT2D eigenvalue weighted by molar-refractivity contribution is 5.87. The number of benzene rings is 1. The number of carbonyl (C=O) groups is 2. The number of aliphatic carboxylic acids is 1. The molecular weight excluding hydrogens is 230 g/mol. The summed E-state index contributed by atoms with van der Waals surface area (Å²) in [6.07, 6.45) is 0.105. The van der Waals surface area contributed by atoms with E-state index in [1.54, 1.807) is 4.90 Å². The van der Waals surface area contributed by atoms with E-state index in [0.717, 1.165) is 5.56 Å². The number of hydrogen-bond donors (Lipinski definition) is 1. The number of hydrogen-bond acceptors (Lipinski definition) is 2. The largest absolute Gasteiger partial charge is 0.481 e. The molecule has 1 aliphatic heterocycles. The maximum atomic E-state index is 12.0. The second kappa shape index (κ2) is 4.80. The molecule has 0 saturated carbocycles. The Labute approximate surface area is 106 Å². The van der Waals surface area contributed by atoms with E-state index in [2.05, 4.69) is 0 Å². The molecule has 1 aromatic carbocycles. The topological polar surface area (TPSA) is 57.6 Å². The molecule has 1 amide bonds. The van der Waals surface area contributed by atoms with Gasteiger partial charge in [0.15, 0.2) is 0 Å². The Morgan fingerprint density at radius 3 is 2.50 bits per heavy atom. The summed E-state index contributed by atoms with van der Waals surface area (Å²) in [7, 11) is 0. The van der Waals surface area contributed by atoms with E-state index in [1.165, 1.54) is 0 Å². The van der Waals surface area contributed by atoms with Crippen molar-refractivity contribution in [2.24, 2.45) is 5.92 Å². The van der Waals surface area contributed by atoms with Gasteiger partial charge in [-0.15, -0.1) is 0 Å². The smallest absolute Gasteiger partial charge is 0.309 e. The Morgan fingerprint density at radius 2 is 2.00 bits per heavy atom. The minimum absolute atomic E-state index is 0.0775. The molecule has 1 unspecified atom stereocenters. The molecule has 3 atom stereocenters. The Balaban J connectivity index is 2.23. The van der Waals surface area contributed by atoms with Gasteiger partial charge >= 0.3 is 5.97 Å². The van der Waals surface area contributed by atoms with Gasteiger partial charge in [0.25, 0.3) is 0 Å². The van der Waals surface area contributed by atoms with Crippen LogP contribution in [0.4, 0.5) is 0 Å². The highest BCUT2D eigenvalue weighted by atomic mass is 16.4. The Hall–Kier alpha value is -1.84. The molecule has 4 heteroatoms. The lowest BCUT2D eigenvalue weighted by atomic mass is 10.0. The maximum absolute atomic E-state index is 12.0. The molecule has 96 valence electrons. The lowest BCUT2D eigenvalue weighted by molar-refractivity contribution is -0.142. The molecule has 0 spiro atoms. The normalized spacial score (nSPS) is 25.2. The molecule has 1 saturated heterocycles. The second-order valence-electron chi connectivity index (χ2n) is 4.78. The van der Waals surface area contributed by atoms with Crippen molar-refractivity contribution >= 4 is 11.9 Å². The van der Waals surface area contributed by atoms with Gasteiger partial charge in [0.1, 0.15) is 0 Å². The van der Waals surface area contributed by atoms with Gasteiger partial charge in [-0.1, -0.05) is 30.3 Å². The van der Waals surface area contributed by atoms with Gasteiger partial charge in [-0.3, -0.25) is 9.59 Å². The molecule has 1 heterocycles. The quantitative estimate of drug-likeness (QED) is 0.889. The fraction of sp³-hybridized carbons (Fsp3) is 0.429. The zero-order chi connectivity index (χ0) is 13.3. The van der Waals surface area contributed by atoms with Crippen LogP contribution in [0.15, 0.2) is 30.3 Å². The van der Waals surface area contributed by atoms with E-state index in [4.69, 9.17) is 5.11 Å². The first-order valence-corrected chi connectivity index (χ1v) is 6.11. The lowest BCUT2D eigenvalue weighted by Gasteiger charge is -2.30. The van der Waals surface area contributed by atoms with E-state index in [9.17, 15) is 9.59 Å². The summed E-state index contributed by atoms with van der Waals surface area (Å²) in [6, 6.07) is 9.34. The van der Waals surface area contributed by atoms with Crippen LogP contribution in [0.25, 0.3) is 0 Å². The highest BCUT2D eigenvalue weighted by Crippen LogP contribution is 2.33. The molecule has 0 bridgehead atoms. The third kappa shape index (κ3) is 2.10. The van der Waals surface area contributed by atoms with Crippen molar-refractivity contribution in [1.29, 1.82) is 0 Å². The standard InChI is InChI=1S/C14H17NO3/c1-9(11-6-4-3-5-7-11)15-10(2)12(14(17)18)8-13(15)16/h3-7,9-10,12H,8H2,1-2H3,(H,17,18)/t9-,10?,12+/m1/s1. The van der Waals surface area contributed by atoms with Gasteiger partial charge in [-0.25, -0.2) is 0 Å². The van der Waals surface area contributed by atoms with Crippen LogP contribution in [-0.2, 0) is 9.59 Å². The van der Waals surface area contributed by atoms with Crippen LogP contribution in [0.2, 0.25) is 0 Å². The number of amides is 1. The summed E-state index contributed by atoms with van der Waals surface area (Å²) >= 11 is 0. The van der Waals surface area contributed by atoms with E-state index < -0.39 is 11.9 Å². The van der Waals surface area contributed by atoms with E-state index in [0.29, 0.717) is 0 Å². The summed E-state index contributed by atoms with van der Waals surface area (Å²) in [4.78, 5) is 24.7. The first kappa shape index (κ1) is 12.6. The Bertz CT molecular complexity index is 457. The zero-order valence-electron chi connectivity index (χ0n) is 10.5. The molecule has 1 aromatic rings. The molecule has 1 aliphatic rings. The summed E-state index contributed by atoms with van der Waals surface area (Å²) in [5, 5.41) is 9.09. The molecule has 0 radical (unpaired) electrons. The first-order valence-electron chi connectivity index (χ1n) is 6.11. The SMILES string of the molecule is CC1[C@@H](C(=O)O)CC(=O)N1[C@H](C)c1ccccc1. The molecule has 1 fully saturated rings. The van der Waals surface area contributed by atoms with Gasteiger partial charge in [0.2, 0.25) is 5.91 Å².